The van der Waals surface area contributed by atoms with E-state index in [1.54, 1.807) is 0 Å². The van der Waals surface area contributed by atoms with Gasteiger partial charge < -0.3 is 10.4 Å². The van der Waals surface area contributed by atoms with Crippen LogP contribution in [0.4, 0.5) is 0 Å². The van der Waals surface area contributed by atoms with E-state index in [0.29, 0.717) is 12.8 Å². The van der Waals surface area contributed by atoms with Crippen LogP contribution in [0, 0.1) is 0 Å². The van der Waals surface area contributed by atoms with Crippen LogP contribution in [0.15, 0.2) is 30.3 Å². The van der Waals surface area contributed by atoms with Gasteiger partial charge in [-0.05, 0) is 12.0 Å². The van der Waals surface area contributed by atoms with Gasteiger partial charge in [-0.15, -0.1) is 0 Å². The molecule has 2 atom stereocenters. The lowest BCUT2D eigenvalue weighted by Crippen LogP contribution is -2.32. The summed E-state index contributed by atoms with van der Waals surface area (Å²) in [5, 5.41) is 11.8. The quantitative estimate of drug-likeness (QED) is 0.828. The molecular formula is C13H15NO3. The van der Waals surface area contributed by atoms with E-state index in [2.05, 4.69) is 5.32 Å². The van der Waals surface area contributed by atoms with Crippen LogP contribution in [0.2, 0.25) is 0 Å². The van der Waals surface area contributed by atoms with Gasteiger partial charge in [0.05, 0.1) is 6.42 Å². The number of carbonyl (C=O) groups is 2. The summed E-state index contributed by atoms with van der Waals surface area (Å²) in [7, 11) is 0. The number of nitrogens with one attached hydrogen (secondary N) is 1. The van der Waals surface area contributed by atoms with Gasteiger partial charge in [0.2, 0.25) is 5.91 Å². The molecule has 1 aliphatic rings. The molecule has 1 saturated heterocycles. The van der Waals surface area contributed by atoms with Crippen molar-refractivity contribution in [3.8, 4) is 0 Å². The first-order valence-corrected chi connectivity index (χ1v) is 5.73. The van der Waals surface area contributed by atoms with Crippen LogP contribution in [-0.4, -0.2) is 23.0 Å². The summed E-state index contributed by atoms with van der Waals surface area (Å²) in [5.41, 5.74) is 0.974. The number of carboxylic acid groups (broad SMARTS) is 1. The number of carboxylic acids is 1. The maximum absolute atomic E-state index is 11.2. The van der Waals surface area contributed by atoms with Crippen molar-refractivity contribution in [2.45, 2.75) is 31.2 Å². The molecule has 4 nitrogen and oxygen atoms in total. The van der Waals surface area contributed by atoms with Crippen molar-refractivity contribution in [1.29, 1.82) is 0 Å². The van der Waals surface area contributed by atoms with E-state index in [9.17, 15) is 9.59 Å². The van der Waals surface area contributed by atoms with Crippen molar-refractivity contribution in [2.24, 2.45) is 0 Å². The summed E-state index contributed by atoms with van der Waals surface area (Å²) in [6.07, 6.45) is 1.26. The molecule has 1 heterocycles. The number of amides is 1. The van der Waals surface area contributed by atoms with Gasteiger partial charge in [0.1, 0.15) is 0 Å². The third-order valence-electron chi connectivity index (χ3n) is 3.14. The molecular weight excluding hydrogens is 218 g/mol. The average Bonchev–Trinajstić information content (AvgIpc) is 2.73. The van der Waals surface area contributed by atoms with Gasteiger partial charge in [-0.3, -0.25) is 9.59 Å². The van der Waals surface area contributed by atoms with Crippen LogP contribution in [-0.2, 0) is 9.59 Å². The Morgan fingerprint density at radius 2 is 2.12 bits per heavy atom. The van der Waals surface area contributed by atoms with Crippen LogP contribution in [0.5, 0.6) is 0 Å². The summed E-state index contributed by atoms with van der Waals surface area (Å²) in [6, 6.07) is 9.45. The SMILES string of the molecule is O=C(O)CC(c1ccccc1)C1CCC(=O)N1. The molecule has 0 aliphatic carbocycles. The highest BCUT2D eigenvalue weighted by Gasteiger charge is 2.31. The van der Waals surface area contributed by atoms with E-state index in [1.165, 1.54) is 0 Å². The summed E-state index contributed by atoms with van der Waals surface area (Å²) in [4.78, 5) is 22.1. The Balaban J connectivity index is 2.19. The van der Waals surface area contributed by atoms with Crippen LogP contribution in [0.25, 0.3) is 0 Å². The van der Waals surface area contributed by atoms with Gasteiger partial charge in [0.15, 0.2) is 0 Å². The number of rotatable bonds is 4. The van der Waals surface area contributed by atoms with Crippen molar-refractivity contribution >= 4 is 11.9 Å². The van der Waals surface area contributed by atoms with Crippen molar-refractivity contribution in [3.05, 3.63) is 35.9 Å². The van der Waals surface area contributed by atoms with E-state index in [-0.39, 0.29) is 24.3 Å². The minimum absolute atomic E-state index is 0.0151. The Hall–Kier alpha value is -1.84. The Kier molecular flexibility index (Phi) is 3.42. The lowest BCUT2D eigenvalue weighted by molar-refractivity contribution is -0.137. The number of hydrogen-bond acceptors (Lipinski definition) is 2. The highest BCUT2D eigenvalue weighted by atomic mass is 16.4. The third kappa shape index (κ3) is 2.84. The summed E-state index contributed by atoms with van der Waals surface area (Å²) in [5.74, 6) is -0.957. The molecule has 1 aliphatic heterocycles. The number of carbonyl (C=O) groups excluding carboxylic acids is 1. The fourth-order valence-corrected chi connectivity index (χ4v) is 2.32. The van der Waals surface area contributed by atoms with E-state index in [1.807, 2.05) is 30.3 Å². The average molecular weight is 233 g/mol. The molecule has 1 amide bonds. The highest BCUT2D eigenvalue weighted by molar-refractivity contribution is 5.79. The third-order valence-corrected chi connectivity index (χ3v) is 3.14. The first kappa shape index (κ1) is 11.6. The summed E-state index contributed by atoms with van der Waals surface area (Å²) >= 11 is 0. The molecule has 0 aromatic heterocycles. The zero-order valence-electron chi connectivity index (χ0n) is 9.43. The molecule has 0 saturated carbocycles. The second-order valence-corrected chi connectivity index (χ2v) is 4.33. The largest absolute Gasteiger partial charge is 0.481 e. The van der Waals surface area contributed by atoms with Gasteiger partial charge in [0, 0.05) is 18.4 Å². The lowest BCUT2D eigenvalue weighted by Gasteiger charge is -2.22. The van der Waals surface area contributed by atoms with Crippen LogP contribution < -0.4 is 5.32 Å². The predicted octanol–water partition coefficient (Wildman–Crippen LogP) is 1.52. The molecule has 90 valence electrons. The number of aliphatic carboxylic acids is 1. The summed E-state index contributed by atoms with van der Waals surface area (Å²) in [6.45, 7) is 0. The molecule has 2 rings (SSSR count). The smallest absolute Gasteiger partial charge is 0.304 e. The Morgan fingerprint density at radius 3 is 2.65 bits per heavy atom. The molecule has 1 aromatic rings. The van der Waals surface area contributed by atoms with Crippen LogP contribution in [0.3, 0.4) is 0 Å². The van der Waals surface area contributed by atoms with E-state index < -0.39 is 5.97 Å². The maximum atomic E-state index is 11.2. The number of hydrogen-bond donors (Lipinski definition) is 2. The van der Waals surface area contributed by atoms with Crippen LogP contribution in [0.1, 0.15) is 30.7 Å². The topological polar surface area (TPSA) is 66.4 Å². The van der Waals surface area contributed by atoms with Crippen molar-refractivity contribution in [3.63, 3.8) is 0 Å². The highest BCUT2D eigenvalue weighted by Crippen LogP contribution is 2.28. The van der Waals surface area contributed by atoms with E-state index in [0.717, 1.165) is 5.56 Å². The van der Waals surface area contributed by atoms with Gasteiger partial charge >= 0.3 is 5.97 Å². The lowest BCUT2D eigenvalue weighted by atomic mass is 9.88. The zero-order valence-corrected chi connectivity index (χ0v) is 9.43. The molecule has 0 radical (unpaired) electrons. The summed E-state index contributed by atoms with van der Waals surface area (Å²) < 4.78 is 0. The molecule has 4 heteroatoms. The normalized spacial score (nSPS) is 20.9. The first-order valence-electron chi connectivity index (χ1n) is 5.73. The van der Waals surface area contributed by atoms with E-state index >= 15 is 0 Å². The minimum Gasteiger partial charge on any atom is -0.481 e. The fourth-order valence-electron chi connectivity index (χ4n) is 2.32. The molecule has 1 aromatic carbocycles. The standard InChI is InChI=1S/C13H15NO3/c15-12-7-6-11(14-12)10(8-13(16)17)9-4-2-1-3-5-9/h1-5,10-11H,6-8H2,(H,14,15)(H,16,17). The van der Waals surface area contributed by atoms with Crippen molar-refractivity contribution < 1.29 is 14.7 Å². The zero-order chi connectivity index (χ0) is 12.3. The van der Waals surface area contributed by atoms with Crippen molar-refractivity contribution in [1.82, 2.24) is 5.32 Å². The van der Waals surface area contributed by atoms with Crippen molar-refractivity contribution in [2.75, 3.05) is 0 Å². The minimum atomic E-state index is -0.833. The first-order chi connectivity index (χ1) is 8.16. The second-order valence-electron chi connectivity index (χ2n) is 4.33. The molecule has 2 unspecified atom stereocenters. The number of benzene rings is 1. The second kappa shape index (κ2) is 4.99. The van der Waals surface area contributed by atoms with Gasteiger partial charge in [-0.2, -0.15) is 0 Å². The van der Waals surface area contributed by atoms with Gasteiger partial charge in [-0.25, -0.2) is 0 Å². The Morgan fingerprint density at radius 1 is 1.41 bits per heavy atom. The van der Waals surface area contributed by atoms with Gasteiger partial charge in [-0.1, -0.05) is 30.3 Å². The predicted molar refractivity (Wildman–Crippen MR) is 62.6 cm³/mol. The maximum Gasteiger partial charge on any atom is 0.304 e. The molecule has 17 heavy (non-hydrogen) atoms. The molecule has 0 bridgehead atoms. The monoisotopic (exact) mass is 233 g/mol. The molecule has 0 spiro atoms. The van der Waals surface area contributed by atoms with Gasteiger partial charge in [0.25, 0.3) is 0 Å². The molecule has 1 fully saturated rings. The van der Waals surface area contributed by atoms with E-state index in [4.69, 9.17) is 5.11 Å². The Labute approximate surface area is 99.6 Å². The Bertz CT molecular complexity index is 416. The molecule has 2 N–H and O–H groups in total. The fraction of sp³-hybridized carbons (Fsp3) is 0.385. The van der Waals surface area contributed by atoms with Crippen LogP contribution >= 0.6 is 0 Å².